The number of benzene rings is 3. The van der Waals surface area contributed by atoms with E-state index in [-0.39, 0.29) is 17.9 Å². The highest BCUT2D eigenvalue weighted by atomic mass is 16.1. The van der Waals surface area contributed by atoms with Crippen molar-refractivity contribution < 1.29 is 4.79 Å². The van der Waals surface area contributed by atoms with Crippen molar-refractivity contribution in [2.75, 3.05) is 0 Å². The van der Waals surface area contributed by atoms with Crippen LogP contribution in [0.4, 0.5) is 0 Å². The highest BCUT2D eigenvalue weighted by Crippen LogP contribution is 2.28. The molecule has 0 bridgehead atoms. The summed E-state index contributed by atoms with van der Waals surface area (Å²) in [4.78, 5) is 12.8. The summed E-state index contributed by atoms with van der Waals surface area (Å²) in [6.45, 7) is 2.04. The second-order valence-corrected chi connectivity index (χ2v) is 6.59. The van der Waals surface area contributed by atoms with Gasteiger partial charge >= 0.3 is 0 Å². The van der Waals surface area contributed by atoms with Gasteiger partial charge in [-0.05, 0) is 36.2 Å². The quantitative estimate of drug-likeness (QED) is 0.569. The molecule has 5 nitrogen and oxygen atoms in total. The van der Waals surface area contributed by atoms with Crippen LogP contribution in [-0.2, 0) is 0 Å². The van der Waals surface area contributed by atoms with Gasteiger partial charge in [-0.15, -0.1) is 0 Å². The van der Waals surface area contributed by atoms with Gasteiger partial charge in [0.2, 0.25) is 0 Å². The minimum atomic E-state index is -0.121. The third-order valence-electron chi connectivity index (χ3n) is 4.75. The Morgan fingerprint density at radius 2 is 1.44 bits per heavy atom. The molecule has 2 N–H and O–H groups in total. The van der Waals surface area contributed by atoms with Gasteiger partial charge in [0.05, 0.1) is 0 Å². The molecule has 4 aromatic rings. The minimum absolute atomic E-state index is 0.0622. The predicted octanol–water partition coefficient (Wildman–Crippen LogP) is 3.91. The number of amides is 1. The number of H-pyrrole nitrogens is 1. The molecular formula is C22H20N4O. The maximum Gasteiger partial charge on any atom is 0.251 e. The number of fused-ring (bicyclic) bond motifs is 1. The van der Waals surface area contributed by atoms with Crippen molar-refractivity contribution in [2.24, 2.45) is 0 Å². The monoisotopic (exact) mass is 356 g/mol. The fraction of sp³-hybridized carbons (Fsp3) is 0.136. The Hall–Kier alpha value is -3.47. The van der Waals surface area contributed by atoms with Gasteiger partial charge < -0.3 is 5.32 Å². The third kappa shape index (κ3) is 3.58. The van der Waals surface area contributed by atoms with E-state index >= 15 is 0 Å². The zero-order chi connectivity index (χ0) is 18.6. The molecule has 0 aliphatic heterocycles. The van der Waals surface area contributed by atoms with Gasteiger partial charge in [0.15, 0.2) is 0 Å². The summed E-state index contributed by atoms with van der Waals surface area (Å²) in [6, 6.07) is 25.7. The van der Waals surface area contributed by atoms with Crippen molar-refractivity contribution in [1.82, 2.24) is 20.7 Å². The maximum atomic E-state index is 12.8. The Labute approximate surface area is 157 Å². The van der Waals surface area contributed by atoms with Crippen molar-refractivity contribution >= 4 is 16.9 Å². The highest BCUT2D eigenvalue weighted by Gasteiger charge is 2.23. The van der Waals surface area contributed by atoms with Crippen molar-refractivity contribution in [2.45, 2.75) is 18.9 Å². The zero-order valence-corrected chi connectivity index (χ0v) is 15.0. The largest absolute Gasteiger partial charge is 0.349 e. The molecule has 1 atom stereocenters. The molecule has 0 spiro atoms. The van der Waals surface area contributed by atoms with Gasteiger partial charge in [-0.3, -0.25) is 4.79 Å². The van der Waals surface area contributed by atoms with Gasteiger partial charge in [0.1, 0.15) is 11.0 Å². The summed E-state index contributed by atoms with van der Waals surface area (Å²) in [5.41, 5.74) is 4.33. The van der Waals surface area contributed by atoms with Gasteiger partial charge in [0, 0.05) is 17.5 Å². The zero-order valence-electron chi connectivity index (χ0n) is 15.0. The lowest BCUT2D eigenvalue weighted by molar-refractivity contribution is 0.0937. The molecule has 134 valence electrons. The molecule has 5 heteroatoms. The van der Waals surface area contributed by atoms with Crippen LogP contribution in [0.25, 0.3) is 11.0 Å². The average molecular weight is 356 g/mol. The standard InChI is InChI=1S/C22H20N4O/c1-15(23-22(27)18-12-13-19-20(14-18)25-26-24-19)21(16-8-4-2-5-9-16)17-10-6-3-7-11-17/h2-15,21H,1H3,(H,23,27)(H,24,25,26). The molecule has 0 radical (unpaired) electrons. The predicted molar refractivity (Wildman–Crippen MR) is 106 cm³/mol. The van der Waals surface area contributed by atoms with E-state index in [1.165, 1.54) is 11.1 Å². The number of nitrogens with zero attached hydrogens (tertiary/aromatic N) is 2. The van der Waals surface area contributed by atoms with Crippen LogP contribution in [0.5, 0.6) is 0 Å². The molecule has 1 heterocycles. The molecule has 0 saturated heterocycles. The Bertz CT molecular complexity index is 1000. The average Bonchev–Trinajstić information content (AvgIpc) is 3.17. The first-order chi connectivity index (χ1) is 13.2. The molecule has 0 fully saturated rings. The summed E-state index contributed by atoms with van der Waals surface area (Å²) in [6.07, 6.45) is 0. The van der Waals surface area contributed by atoms with Crippen LogP contribution in [0.3, 0.4) is 0 Å². The molecule has 4 rings (SSSR count). The van der Waals surface area contributed by atoms with E-state index in [4.69, 9.17) is 0 Å². The lowest BCUT2D eigenvalue weighted by atomic mass is 9.85. The van der Waals surface area contributed by atoms with E-state index in [2.05, 4.69) is 45.0 Å². The molecule has 1 unspecified atom stereocenters. The molecule has 0 saturated carbocycles. The Balaban J connectivity index is 1.61. The van der Waals surface area contributed by atoms with E-state index in [0.29, 0.717) is 11.1 Å². The first-order valence-electron chi connectivity index (χ1n) is 8.93. The smallest absolute Gasteiger partial charge is 0.251 e. The fourth-order valence-corrected chi connectivity index (χ4v) is 3.45. The summed E-state index contributed by atoms with van der Waals surface area (Å²) in [7, 11) is 0. The van der Waals surface area contributed by atoms with Crippen LogP contribution < -0.4 is 5.32 Å². The van der Waals surface area contributed by atoms with Crippen LogP contribution >= 0.6 is 0 Å². The molecule has 1 amide bonds. The number of aromatic amines is 1. The van der Waals surface area contributed by atoms with E-state index in [0.717, 1.165) is 5.52 Å². The number of aromatic nitrogens is 3. The number of hydrogen-bond acceptors (Lipinski definition) is 3. The van der Waals surface area contributed by atoms with Crippen LogP contribution in [0, 0.1) is 0 Å². The number of hydrogen-bond donors (Lipinski definition) is 2. The molecule has 1 aromatic heterocycles. The summed E-state index contributed by atoms with van der Waals surface area (Å²) >= 11 is 0. The molecule has 27 heavy (non-hydrogen) atoms. The van der Waals surface area contributed by atoms with Gasteiger partial charge in [-0.2, -0.15) is 15.4 Å². The molecule has 0 aliphatic rings. The minimum Gasteiger partial charge on any atom is -0.349 e. The van der Waals surface area contributed by atoms with Gasteiger partial charge in [-0.1, -0.05) is 60.7 Å². The lowest BCUT2D eigenvalue weighted by Crippen LogP contribution is -2.37. The van der Waals surface area contributed by atoms with Crippen molar-refractivity contribution in [3.05, 3.63) is 95.6 Å². The van der Waals surface area contributed by atoms with Crippen LogP contribution in [0.1, 0.15) is 34.3 Å². The van der Waals surface area contributed by atoms with E-state index < -0.39 is 0 Å². The number of rotatable bonds is 5. The lowest BCUT2D eigenvalue weighted by Gasteiger charge is -2.26. The van der Waals surface area contributed by atoms with Crippen LogP contribution in [0.2, 0.25) is 0 Å². The Morgan fingerprint density at radius 1 is 0.852 bits per heavy atom. The van der Waals surface area contributed by atoms with Crippen LogP contribution in [0.15, 0.2) is 78.9 Å². The fourth-order valence-electron chi connectivity index (χ4n) is 3.45. The summed E-state index contributed by atoms with van der Waals surface area (Å²) in [5, 5.41) is 13.8. The van der Waals surface area contributed by atoms with E-state index in [9.17, 15) is 4.79 Å². The van der Waals surface area contributed by atoms with Gasteiger partial charge in [0.25, 0.3) is 5.91 Å². The molecular weight excluding hydrogens is 336 g/mol. The van der Waals surface area contributed by atoms with Crippen molar-refractivity contribution in [3.63, 3.8) is 0 Å². The SMILES string of the molecule is CC(NC(=O)c1ccc2n[nH]nc2c1)C(c1ccccc1)c1ccccc1. The number of carbonyl (C=O) groups is 1. The third-order valence-corrected chi connectivity index (χ3v) is 4.75. The van der Waals surface area contributed by atoms with E-state index in [1.807, 2.05) is 43.3 Å². The van der Waals surface area contributed by atoms with Crippen LogP contribution in [-0.4, -0.2) is 27.4 Å². The normalized spacial score (nSPS) is 12.2. The topological polar surface area (TPSA) is 70.7 Å². The number of nitrogens with one attached hydrogen (secondary N) is 2. The first kappa shape index (κ1) is 17.0. The number of carbonyl (C=O) groups excluding carboxylic acids is 1. The van der Waals surface area contributed by atoms with E-state index in [1.54, 1.807) is 18.2 Å². The second kappa shape index (κ2) is 7.41. The van der Waals surface area contributed by atoms with Gasteiger partial charge in [-0.25, -0.2) is 0 Å². The van der Waals surface area contributed by atoms with Crippen molar-refractivity contribution in [3.8, 4) is 0 Å². The molecule has 3 aromatic carbocycles. The maximum absolute atomic E-state index is 12.8. The summed E-state index contributed by atoms with van der Waals surface area (Å²) in [5.74, 6) is -0.0589. The highest BCUT2D eigenvalue weighted by molar-refractivity contribution is 5.97. The second-order valence-electron chi connectivity index (χ2n) is 6.59. The summed E-state index contributed by atoms with van der Waals surface area (Å²) < 4.78 is 0. The van der Waals surface area contributed by atoms with Crippen molar-refractivity contribution in [1.29, 1.82) is 0 Å². The Kier molecular flexibility index (Phi) is 4.66. The first-order valence-corrected chi connectivity index (χ1v) is 8.93. The molecule has 0 aliphatic carbocycles. The Morgan fingerprint density at radius 3 is 2.07 bits per heavy atom.